The summed E-state index contributed by atoms with van der Waals surface area (Å²) in [5.41, 5.74) is 2.32. The lowest BCUT2D eigenvalue weighted by Gasteiger charge is -2.22. The van der Waals surface area contributed by atoms with Gasteiger partial charge in [0.05, 0.1) is 12.2 Å². The van der Waals surface area contributed by atoms with E-state index in [0.29, 0.717) is 18.3 Å². The van der Waals surface area contributed by atoms with Crippen molar-refractivity contribution in [2.45, 2.75) is 38.8 Å². The summed E-state index contributed by atoms with van der Waals surface area (Å²) in [5, 5.41) is 12.7. The third-order valence-electron chi connectivity index (χ3n) is 5.26. The molecule has 7 nitrogen and oxygen atoms in total. The average Bonchev–Trinajstić information content (AvgIpc) is 3.33. The molecule has 1 amide bonds. The third kappa shape index (κ3) is 3.47. The van der Waals surface area contributed by atoms with Gasteiger partial charge in [0.2, 0.25) is 0 Å². The van der Waals surface area contributed by atoms with Crippen molar-refractivity contribution in [3.8, 4) is 0 Å². The highest BCUT2D eigenvalue weighted by atomic mass is 16.3. The zero-order valence-corrected chi connectivity index (χ0v) is 15.8. The molecule has 4 rings (SSSR count). The minimum atomic E-state index is -0.123. The summed E-state index contributed by atoms with van der Waals surface area (Å²) in [5.74, 6) is 0.803. The number of benzene rings is 1. The first-order valence-electron chi connectivity index (χ1n) is 9.54. The number of fused-ring (bicyclic) bond motifs is 1. The number of aryl methyl sites for hydroxylation is 1. The predicted molar refractivity (Wildman–Crippen MR) is 103 cm³/mol. The van der Waals surface area contributed by atoms with Gasteiger partial charge in [0.25, 0.3) is 5.91 Å². The van der Waals surface area contributed by atoms with E-state index < -0.39 is 0 Å². The van der Waals surface area contributed by atoms with Gasteiger partial charge < -0.3 is 14.6 Å². The van der Waals surface area contributed by atoms with Gasteiger partial charge in [-0.2, -0.15) is 0 Å². The number of rotatable bonds is 5. The van der Waals surface area contributed by atoms with Gasteiger partial charge in [-0.25, -0.2) is 4.68 Å². The fourth-order valence-corrected chi connectivity index (χ4v) is 3.74. The van der Waals surface area contributed by atoms with E-state index in [1.54, 1.807) is 18.1 Å². The van der Waals surface area contributed by atoms with Crippen LogP contribution in [0.5, 0.6) is 0 Å². The van der Waals surface area contributed by atoms with E-state index in [9.17, 15) is 4.79 Å². The summed E-state index contributed by atoms with van der Waals surface area (Å²) in [4.78, 5) is 14.6. The molecule has 142 valence electrons. The third-order valence-corrected chi connectivity index (χ3v) is 5.26. The number of para-hydroxylation sites is 1. The highest BCUT2D eigenvalue weighted by Gasteiger charge is 2.22. The molecule has 3 aromatic rings. The molecular weight excluding hydrogens is 342 g/mol. The van der Waals surface area contributed by atoms with E-state index in [4.69, 9.17) is 4.42 Å². The lowest BCUT2D eigenvalue weighted by molar-refractivity contribution is 0.0779. The number of aromatic nitrogens is 3. The molecule has 1 aromatic carbocycles. The average molecular weight is 367 g/mol. The zero-order valence-electron chi connectivity index (χ0n) is 15.8. The maximum atomic E-state index is 12.9. The monoisotopic (exact) mass is 367 g/mol. The number of furan rings is 1. The molecule has 3 heterocycles. The SMILES string of the molecule is CCc1oc2ccccc2c1CN(C)C(=O)c1cn(C2CCNCC2)nn1. The highest BCUT2D eigenvalue weighted by Crippen LogP contribution is 2.27. The Balaban J connectivity index is 1.52. The van der Waals surface area contributed by atoms with Crippen molar-refractivity contribution in [2.24, 2.45) is 0 Å². The van der Waals surface area contributed by atoms with E-state index in [1.165, 1.54) is 0 Å². The number of carbonyl (C=O) groups is 1. The molecule has 1 saturated heterocycles. The molecule has 1 fully saturated rings. The van der Waals surface area contributed by atoms with E-state index in [2.05, 4.69) is 22.6 Å². The fourth-order valence-electron chi connectivity index (χ4n) is 3.74. The lowest BCUT2D eigenvalue weighted by atomic mass is 10.1. The first-order chi connectivity index (χ1) is 13.2. The largest absolute Gasteiger partial charge is 0.461 e. The lowest BCUT2D eigenvalue weighted by Crippen LogP contribution is -2.29. The van der Waals surface area contributed by atoms with E-state index >= 15 is 0 Å². The Morgan fingerprint density at radius 1 is 1.33 bits per heavy atom. The van der Waals surface area contributed by atoms with Crippen LogP contribution in [0.3, 0.4) is 0 Å². The Hall–Kier alpha value is -2.67. The molecule has 0 atom stereocenters. The van der Waals surface area contributed by atoms with Crippen LogP contribution in [-0.2, 0) is 13.0 Å². The predicted octanol–water partition coefficient (Wildman–Crippen LogP) is 2.78. The van der Waals surface area contributed by atoms with Crippen molar-refractivity contribution in [3.63, 3.8) is 0 Å². The van der Waals surface area contributed by atoms with Gasteiger partial charge in [-0.1, -0.05) is 30.3 Å². The standard InChI is InChI=1S/C20H25N5O2/c1-3-18-16(15-6-4-5-7-19(15)27-18)12-24(2)20(26)17-13-25(23-22-17)14-8-10-21-11-9-14/h4-7,13-14,21H,3,8-12H2,1-2H3. The quantitative estimate of drug-likeness (QED) is 0.750. The van der Waals surface area contributed by atoms with Crippen LogP contribution in [0.2, 0.25) is 0 Å². The number of carbonyl (C=O) groups excluding carboxylic acids is 1. The Morgan fingerprint density at radius 2 is 2.11 bits per heavy atom. The molecule has 0 saturated carbocycles. The minimum Gasteiger partial charge on any atom is -0.461 e. The number of hydrogen-bond donors (Lipinski definition) is 1. The van der Waals surface area contributed by atoms with Crippen LogP contribution in [0.4, 0.5) is 0 Å². The molecule has 0 aliphatic carbocycles. The second-order valence-corrected chi connectivity index (χ2v) is 7.08. The Bertz CT molecular complexity index is 939. The summed E-state index contributed by atoms with van der Waals surface area (Å²) in [6.45, 7) is 4.50. The van der Waals surface area contributed by atoms with Gasteiger partial charge in [-0.05, 0) is 32.0 Å². The Kier molecular flexibility index (Phi) is 4.94. The van der Waals surface area contributed by atoms with Gasteiger partial charge in [0.15, 0.2) is 5.69 Å². The Morgan fingerprint density at radius 3 is 2.89 bits per heavy atom. The molecule has 2 aromatic heterocycles. The zero-order chi connectivity index (χ0) is 18.8. The van der Waals surface area contributed by atoms with E-state index in [-0.39, 0.29) is 5.91 Å². The molecule has 1 aliphatic heterocycles. The van der Waals surface area contributed by atoms with Crippen molar-refractivity contribution in [1.29, 1.82) is 0 Å². The van der Waals surface area contributed by atoms with Crippen molar-refractivity contribution >= 4 is 16.9 Å². The summed E-state index contributed by atoms with van der Waals surface area (Å²) in [7, 11) is 1.80. The maximum Gasteiger partial charge on any atom is 0.276 e. The van der Waals surface area contributed by atoms with Gasteiger partial charge in [0, 0.05) is 31.0 Å². The van der Waals surface area contributed by atoms with E-state index in [0.717, 1.165) is 54.6 Å². The number of nitrogens with one attached hydrogen (secondary N) is 1. The van der Waals surface area contributed by atoms with Crippen molar-refractivity contribution in [2.75, 3.05) is 20.1 Å². The van der Waals surface area contributed by atoms with Crippen LogP contribution < -0.4 is 5.32 Å². The molecule has 1 aliphatic rings. The van der Waals surface area contributed by atoms with Gasteiger partial charge in [0.1, 0.15) is 11.3 Å². The van der Waals surface area contributed by atoms with Crippen LogP contribution >= 0.6 is 0 Å². The second-order valence-electron chi connectivity index (χ2n) is 7.08. The molecule has 1 N–H and O–H groups in total. The molecule has 0 bridgehead atoms. The first-order valence-corrected chi connectivity index (χ1v) is 9.54. The summed E-state index contributed by atoms with van der Waals surface area (Å²) >= 11 is 0. The van der Waals surface area contributed by atoms with Crippen LogP contribution in [-0.4, -0.2) is 45.9 Å². The molecule has 0 unspecified atom stereocenters. The summed E-state index contributed by atoms with van der Waals surface area (Å²) < 4.78 is 7.78. The normalized spacial score (nSPS) is 15.3. The summed E-state index contributed by atoms with van der Waals surface area (Å²) in [6, 6.07) is 8.27. The molecule has 0 radical (unpaired) electrons. The number of nitrogens with zero attached hydrogens (tertiary/aromatic N) is 4. The first kappa shape index (κ1) is 17.7. The highest BCUT2D eigenvalue weighted by molar-refractivity contribution is 5.92. The van der Waals surface area contributed by atoms with Gasteiger partial charge in [-0.3, -0.25) is 4.79 Å². The van der Waals surface area contributed by atoms with Crippen molar-refractivity contribution in [3.05, 3.63) is 47.5 Å². The topological polar surface area (TPSA) is 76.2 Å². The van der Waals surface area contributed by atoms with Crippen molar-refractivity contribution in [1.82, 2.24) is 25.2 Å². The molecule has 27 heavy (non-hydrogen) atoms. The number of hydrogen-bond acceptors (Lipinski definition) is 5. The van der Waals surface area contributed by atoms with Crippen LogP contribution in [0.15, 0.2) is 34.9 Å². The van der Waals surface area contributed by atoms with Crippen LogP contribution in [0.1, 0.15) is 47.6 Å². The number of amides is 1. The molecular formula is C20H25N5O2. The van der Waals surface area contributed by atoms with Crippen LogP contribution in [0, 0.1) is 0 Å². The minimum absolute atomic E-state index is 0.123. The van der Waals surface area contributed by atoms with E-state index in [1.807, 2.05) is 28.9 Å². The Labute approximate surface area is 158 Å². The van der Waals surface area contributed by atoms with Gasteiger partial charge in [-0.15, -0.1) is 5.10 Å². The maximum absolute atomic E-state index is 12.9. The summed E-state index contributed by atoms with van der Waals surface area (Å²) in [6.07, 6.45) is 4.59. The molecule has 0 spiro atoms. The fraction of sp³-hybridized carbons (Fsp3) is 0.450. The molecule has 7 heteroatoms. The smallest absolute Gasteiger partial charge is 0.276 e. The van der Waals surface area contributed by atoms with Crippen LogP contribution in [0.25, 0.3) is 11.0 Å². The van der Waals surface area contributed by atoms with Crippen molar-refractivity contribution < 1.29 is 9.21 Å². The van der Waals surface area contributed by atoms with Gasteiger partial charge >= 0.3 is 0 Å². The number of piperidine rings is 1. The second kappa shape index (κ2) is 7.52.